The Balaban J connectivity index is 2.52. The second-order valence-corrected chi connectivity index (χ2v) is 4.68. The van der Waals surface area contributed by atoms with Gasteiger partial charge in [0.2, 0.25) is 0 Å². The molecule has 0 aliphatic rings. The van der Waals surface area contributed by atoms with Crippen LogP contribution in [0, 0.1) is 5.82 Å². The summed E-state index contributed by atoms with van der Waals surface area (Å²) >= 11 is 0.951. The average molecular weight is 280 g/mol. The highest BCUT2D eigenvalue weighted by Crippen LogP contribution is 2.36. The number of hydrogen-bond acceptors (Lipinski definition) is 3. The number of nitrogens with two attached hydrogens (primary N) is 1. The van der Waals surface area contributed by atoms with Gasteiger partial charge in [0.25, 0.3) is 5.91 Å². The van der Waals surface area contributed by atoms with E-state index < -0.39 is 17.8 Å². The topological polar surface area (TPSA) is 92.4 Å². The number of carbonyl (C=O) groups is 2. The van der Waals surface area contributed by atoms with E-state index >= 15 is 0 Å². The summed E-state index contributed by atoms with van der Waals surface area (Å²) in [5.74, 6) is -1.23. The fourth-order valence-corrected chi connectivity index (χ4v) is 2.64. The molecule has 1 aromatic heterocycles. The van der Waals surface area contributed by atoms with Crippen molar-refractivity contribution in [2.45, 2.75) is 0 Å². The Labute approximate surface area is 111 Å². The van der Waals surface area contributed by atoms with Crippen LogP contribution in [0.5, 0.6) is 0 Å². The predicted octanol–water partition coefficient (Wildman–Crippen LogP) is 2.74. The number of benzene rings is 1. The third-order valence-corrected chi connectivity index (χ3v) is 3.44. The van der Waals surface area contributed by atoms with Gasteiger partial charge in [0.05, 0.1) is 5.56 Å². The fraction of sp³-hybridized carbons (Fsp3) is 0. The first-order valence-corrected chi connectivity index (χ1v) is 5.99. The third kappa shape index (κ3) is 2.71. The number of thiophene rings is 1. The quantitative estimate of drug-likeness (QED) is 0.807. The van der Waals surface area contributed by atoms with Crippen LogP contribution in [0.2, 0.25) is 0 Å². The predicted molar refractivity (Wildman–Crippen MR) is 69.9 cm³/mol. The zero-order chi connectivity index (χ0) is 14.0. The van der Waals surface area contributed by atoms with E-state index in [0.717, 1.165) is 11.3 Å². The fourth-order valence-electron chi connectivity index (χ4n) is 1.56. The summed E-state index contributed by atoms with van der Waals surface area (Å²) in [6.45, 7) is 0. The first-order valence-electron chi connectivity index (χ1n) is 5.17. The normalized spacial score (nSPS) is 10.2. The van der Waals surface area contributed by atoms with Crippen molar-refractivity contribution in [3.8, 4) is 10.4 Å². The van der Waals surface area contributed by atoms with E-state index in [1.54, 1.807) is 6.07 Å². The van der Waals surface area contributed by atoms with Gasteiger partial charge in [-0.3, -0.25) is 10.1 Å². The number of primary amides is 1. The molecule has 0 spiro atoms. The van der Waals surface area contributed by atoms with Crippen molar-refractivity contribution in [1.82, 2.24) is 0 Å². The molecule has 2 aromatic rings. The van der Waals surface area contributed by atoms with Crippen LogP contribution in [0.1, 0.15) is 10.4 Å². The first-order chi connectivity index (χ1) is 8.99. The minimum absolute atomic E-state index is 0.0191. The van der Waals surface area contributed by atoms with Gasteiger partial charge in [-0.2, -0.15) is 0 Å². The van der Waals surface area contributed by atoms with E-state index in [2.05, 4.69) is 5.32 Å². The molecule has 7 heteroatoms. The highest BCUT2D eigenvalue weighted by Gasteiger charge is 2.17. The van der Waals surface area contributed by atoms with Gasteiger partial charge in [0, 0.05) is 10.4 Å². The Morgan fingerprint density at radius 3 is 2.58 bits per heavy atom. The van der Waals surface area contributed by atoms with Crippen LogP contribution in [-0.4, -0.2) is 17.1 Å². The van der Waals surface area contributed by atoms with Crippen LogP contribution < -0.4 is 11.1 Å². The van der Waals surface area contributed by atoms with Gasteiger partial charge in [-0.1, -0.05) is 18.2 Å². The van der Waals surface area contributed by atoms with Gasteiger partial charge in [0.1, 0.15) is 10.8 Å². The Hall–Kier alpha value is -2.41. The molecule has 0 aliphatic carbocycles. The SMILES string of the molecule is NC(=O)c1cc(-c2ccccc2F)sc1NC(=O)O. The van der Waals surface area contributed by atoms with Crippen LogP contribution in [0.25, 0.3) is 10.4 Å². The number of anilines is 1. The van der Waals surface area contributed by atoms with Gasteiger partial charge in [-0.05, 0) is 12.1 Å². The van der Waals surface area contributed by atoms with E-state index in [4.69, 9.17) is 10.8 Å². The second-order valence-electron chi connectivity index (χ2n) is 3.63. The molecule has 0 aliphatic heterocycles. The summed E-state index contributed by atoms with van der Waals surface area (Å²) in [6, 6.07) is 7.38. The third-order valence-electron chi connectivity index (χ3n) is 2.36. The first kappa shape index (κ1) is 13.0. The van der Waals surface area contributed by atoms with E-state index in [-0.39, 0.29) is 16.1 Å². The molecule has 0 unspecified atom stereocenters. The minimum Gasteiger partial charge on any atom is -0.465 e. The molecule has 98 valence electrons. The molecule has 0 fully saturated rings. The standard InChI is InChI=1S/C12H9FN2O3S/c13-8-4-2-1-3-6(8)9-5-7(10(14)16)11(19-9)15-12(17)18/h1-5,15H,(H2,14,16)(H,17,18). The van der Waals surface area contributed by atoms with Gasteiger partial charge in [-0.15, -0.1) is 11.3 Å². The van der Waals surface area contributed by atoms with Gasteiger partial charge in [-0.25, -0.2) is 9.18 Å². The average Bonchev–Trinajstić information content (AvgIpc) is 2.72. The molecule has 0 saturated carbocycles. The van der Waals surface area contributed by atoms with E-state index in [1.807, 2.05) is 0 Å². The molecule has 0 atom stereocenters. The Bertz CT molecular complexity index is 654. The lowest BCUT2D eigenvalue weighted by molar-refractivity contribution is 0.100. The molecule has 2 amide bonds. The number of carboxylic acid groups (broad SMARTS) is 1. The van der Waals surface area contributed by atoms with Crippen molar-refractivity contribution in [1.29, 1.82) is 0 Å². The number of halogens is 1. The summed E-state index contributed by atoms with van der Waals surface area (Å²) in [5.41, 5.74) is 5.47. The van der Waals surface area contributed by atoms with Crippen LogP contribution >= 0.6 is 11.3 Å². The maximum atomic E-state index is 13.6. The maximum absolute atomic E-state index is 13.6. The number of amides is 2. The van der Waals surface area contributed by atoms with Gasteiger partial charge >= 0.3 is 6.09 Å². The second kappa shape index (κ2) is 5.07. The molecule has 1 aromatic carbocycles. The Kier molecular flexibility index (Phi) is 3.48. The van der Waals surface area contributed by atoms with Crippen LogP contribution in [0.4, 0.5) is 14.2 Å². The highest BCUT2D eigenvalue weighted by atomic mass is 32.1. The van der Waals surface area contributed by atoms with Crippen molar-refractivity contribution in [3.63, 3.8) is 0 Å². The Morgan fingerprint density at radius 2 is 2.00 bits per heavy atom. The summed E-state index contributed by atoms with van der Waals surface area (Å²) in [7, 11) is 0. The zero-order valence-electron chi connectivity index (χ0n) is 9.51. The smallest absolute Gasteiger partial charge is 0.409 e. The lowest BCUT2D eigenvalue weighted by atomic mass is 10.1. The molecule has 0 bridgehead atoms. The van der Waals surface area contributed by atoms with E-state index in [9.17, 15) is 14.0 Å². The molecular weight excluding hydrogens is 271 g/mol. The molecule has 19 heavy (non-hydrogen) atoms. The Morgan fingerprint density at radius 1 is 1.32 bits per heavy atom. The number of nitrogens with one attached hydrogen (secondary N) is 1. The highest BCUT2D eigenvalue weighted by molar-refractivity contribution is 7.20. The summed E-state index contributed by atoms with van der Waals surface area (Å²) in [5, 5.41) is 10.8. The van der Waals surface area contributed by atoms with Crippen LogP contribution in [-0.2, 0) is 0 Å². The van der Waals surface area contributed by atoms with E-state index in [0.29, 0.717) is 4.88 Å². The molecule has 0 radical (unpaired) electrons. The van der Waals surface area contributed by atoms with Gasteiger partial charge < -0.3 is 10.8 Å². The van der Waals surface area contributed by atoms with Crippen LogP contribution in [0.15, 0.2) is 30.3 Å². The number of hydrogen-bond donors (Lipinski definition) is 3. The molecule has 4 N–H and O–H groups in total. The molecule has 1 heterocycles. The number of carbonyl (C=O) groups excluding carboxylic acids is 1. The summed E-state index contributed by atoms with van der Waals surface area (Å²) in [6.07, 6.45) is -1.32. The lowest BCUT2D eigenvalue weighted by Crippen LogP contribution is -2.14. The van der Waals surface area contributed by atoms with E-state index in [1.165, 1.54) is 24.3 Å². The molecule has 0 saturated heterocycles. The van der Waals surface area contributed by atoms with Crippen LogP contribution in [0.3, 0.4) is 0 Å². The number of rotatable bonds is 3. The molecule has 2 rings (SSSR count). The summed E-state index contributed by atoms with van der Waals surface area (Å²) in [4.78, 5) is 22.3. The zero-order valence-corrected chi connectivity index (χ0v) is 10.3. The largest absolute Gasteiger partial charge is 0.465 e. The minimum atomic E-state index is -1.32. The lowest BCUT2D eigenvalue weighted by Gasteiger charge is -1.98. The van der Waals surface area contributed by atoms with Crippen molar-refractivity contribution < 1.29 is 19.1 Å². The van der Waals surface area contributed by atoms with Crippen molar-refractivity contribution in [2.75, 3.05) is 5.32 Å². The molecular formula is C12H9FN2O3S. The maximum Gasteiger partial charge on any atom is 0.409 e. The molecule has 5 nitrogen and oxygen atoms in total. The van der Waals surface area contributed by atoms with Crippen molar-refractivity contribution in [2.24, 2.45) is 5.73 Å². The van der Waals surface area contributed by atoms with Crippen molar-refractivity contribution >= 4 is 28.3 Å². The van der Waals surface area contributed by atoms with Gasteiger partial charge in [0.15, 0.2) is 0 Å². The van der Waals surface area contributed by atoms with Crippen molar-refractivity contribution in [3.05, 3.63) is 41.7 Å². The monoisotopic (exact) mass is 280 g/mol. The summed E-state index contributed by atoms with van der Waals surface area (Å²) < 4.78 is 13.6.